The summed E-state index contributed by atoms with van der Waals surface area (Å²) in [6.45, 7) is 9.50. The van der Waals surface area contributed by atoms with Crippen LogP contribution in [0.5, 0.6) is 5.75 Å². The first kappa shape index (κ1) is 20.0. The number of rotatable bonds is 8. The third kappa shape index (κ3) is 4.04. The molecule has 1 N–H and O–H groups in total. The van der Waals surface area contributed by atoms with Crippen molar-refractivity contribution in [3.63, 3.8) is 0 Å². The van der Waals surface area contributed by atoms with Crippen LogP contribution in [0.1, 0.15) is 36.2 Å². The molecule has 0 radical (unpaired) electrons. The Morgan fingerprint density at radius 2 is 2.00 bits per heavy atom. The monoisotopic (exact) mass is 380 g/mol. The van der Waals surface area contributed by atoms with Crippen LogP contribution in [0.4, 0.5) is 5.69 Å². The van der Waals surface area contributed by atoms with Gasteiger partial charge in [-0.2, -0.15) is 0 Å². The number of nitrogens with one attached hydrogen (secondary N) is 1. The first-order valence-corrected chi connectivity index (χ1v) is 9.51. The minimum atomic E-state index is -0.693. The summed E-state index contributed by atoms with van der Waals surface area (Å²) in [7, 11) is 1.67. The number of anilines is 1. The van der Waals surface area contributed by atoms with Crippen molar-refractivity contribution in [2.24, 2.45) is 0 Å². The Morgan fingerprint density at radius 3 is 2.75 bits per heavy atom. The zero-order valence-electron chi connectivity index (χ0n) is 16.8. The average Bonchev–Trinajstić information content (AvgIpc) is 2.69. The number of ether oxygens (including phenoxy) is 2. The Balaban J connectivity index is 1.98. The second-order valence-electron chi connectivity index (χ2n) is 7.32. The largest absolute Gasteiger partial charge is 0.489 e. The van der Waals surface area contributed by atoms with E-state index in [2.05, 4.69) is 11.9 Å². The van der Waals surface area contributed by atoms with Gasteiger partial charge >= 0.3 is 0 Å². The second kappa shape index (κ2) is 8.48. The summed E-state index contributed by atoms with van der Waals surface area (Å²) in [5.74, 6) is 0.771. The summed E-state index contributed by atoms with van der Waals surface area (Å²) in [4.78, 5) is 15.2. The Labute approximate surface area is 167 Å². The smallest absolute Gasteiger partial charge is 0.258 e. The first-order chi connectivity index (χ1) is 13.5. The van der Waals surface area contributed by atoms with E-state index in [1.54, 1.807) is 7.11 Å². The highest BCUT2D eigenvalue weighted by molar-refractivity contribution is 6.02. The van der Waals surface area contributed by atoms with Gasteiger partial charge in [0, 0.05) is 31.5 Å². The lowest BCUT2D eigenvalue weighted by atomic mass is 9.93. The maximum Gasteiger partial charge on any atom is 0.258 e. The fourth-order valence-electron chi connectivity index (χ4n) is 3.47. The number of methoxy groups -OCH3 is 1. The normalized spacial score (nSPS) is 18.4. The fourth-order valence-corrected chi connectivity index (χ4v) is 3.47. The predicted octanol–water partition coefficient (Wildman–Crippen LogP) is 4.42. The molecule has 1 aliphatic heterocycles. The predicted molar refractivity (Wildman–Crippen MR) is 112 cm³/mol. The number of para-hydroxylation sites is 1. The van der Waals surface area contributed by atoms with Crippen molar-refractivity contribution < 1.29 is 14.3 Å². The van der Waals surface area contributed by atoms with Crippen molar-refractivity contribution in [2.45, 2.75) is 25.9 Å². The van der Waals surface area contributed by atoms with Crippen LogP contribution in [0, 0.1) is 0 Å². The second-order valence-corrected chi connectivity index (χ2v) is 7.32. The molecule has 0 aliphatic carbocycles. The Bertz CT molecular complexity index is 864. The van der Waals surface area contributed by atoms with Crippen LogP contribution in [-0.2, 0) is 10.4 Å². The van der Waals surface area contributed by atoms with E-state index < -0.39 is 5.66 Å². The number of fused-ring (bicyclic) bond motifs is 1. The summed E-state index contributed by atoms with van der Waals surface area (Å²) in [5, 5.41) is 3.58. The van der Waals surface area contributed by atoms with Crippen LogP contribution in [0.2, 0.25) is 0 Å². The molecule has 1 atom stereocenters. The van der Waals surface area contributed by atoms with Gasteiger partial charge in [0.25, 0.3) is 5.91 Å². The van der Waals surface area contributed by atoms with E-state index in [9.17, 15) is 4.79 Å². The number of carbonyl (C=O) groups is 1. The van der Waals surface area contributed by atoms with Gasteiger partial charge in [-0.1, -0.05) is 30.8 Å². The van der Waals surface area contributed by atoms with E-state index in [0.29, 0.717) is 25.3 Å². The van der Waals surface area contributed by atoms with Gasteiger partial charge < -0.3 is 19.7 Å². The van der Waals surface area contributed by atoms with Crippen molar-refractivity contribution in [3.8, 4) is 5.75 Å². The van der Waals surface area contributed by atoms with Crippen LogP contribution < -0.4 is 10.1 Å². The van der Waals surface area contributed by atoms with E-state index in [4.69, 9.17) is 9.47 Å². The van der Waals surface area contributed by atoms with Crippen molar-refractivity contribution in [1.82, 2.24) is 4.90 Å². The highest BCUT2D eigenvalue weighted by Crippen LogP contribution is 2.38. The number of benzene rings is 2. The van der Waals surface area contributed by atoms with Gasteiger partial charge in [-0.25, -0.2) is 0 Å². The summed E-state index contributed by atoms with van der Waals surface area (Å²) in [6, 6.07) is 15.5. The molecule has 5 heteroatoms. The molecule has 0 fully saturated rings. The maximum absolute atomic E-state index is 13.3. The lowest BCUT2D eigenvalue weighted by molar-refractivity contribution is 0.0504. The quantitative estimate of drug-likeness (QED) is 0.544. The van der Waals surface area contributed by atoms with Crippen LogP contribution in [-0.4, -0.2) is 37.7 Å². The molecule has 28 heavy (non-hydrogen) atoms. The molecular formula is C23H28N2O3. The molecule has 0 saturated carbocycles. The van der Waals surface area contributed by atoms with E-state index >= 15 is 0 Å². The Morgan fingerprint density at radius 1 is 1.21 bits per heavy atom. The van der Waals surface area contributed by atoms with E-state index in [1.165, 1.54) is 0 Å². The van der Waals surface area contributed by atoms with Gasteiger partial charge in [0.05, 0.1) is 5.56 Å². The molecule has 0 aromatic heterocycles. The molecule has 0 bridgehead atoms. The van der Waals surface area contributed by atoms with Crippen molar-refractivity contribution in [1.29, 1.82) is 0 Å². The van der Waals surface area contributed by atoms with Crippen molar-refractivity contribution in [3.05, 3.63) is 71.8 Å². The SMILES string of the molecule is C=C(C)COc1cccc(C2(C)Nc3ccccc3C(=O)N2CCCOC)c1. The van der Waals surface area contributed by atoms with Crippen LogP contribution >= 0.6 is 0 Å². The summed E-state index contributed by atoms with van der Waals surface area (Å²) in [5.41, 5.74) is 2.75. The zero-order chi connectivity index (χ0) is 20.1. The number of hydrogen-bond acceptors (Lipinski definition) is 4. The molecule has 0 spiro atoms. The molecule has 1 unspecified atom stereocenters. The van der Waals surface area contributed by atoms with Crippen molar-refractivity contribution in [2.75, 3.05) is 32.2 Å². The topological polar surface area (TPSA) is 50.8 Å². The minimum Gasteiger partial charge on any atom is -0.489 e. The maximum atomic E-state index is 13.3. The van der Waals surface area contributed by atoms with Crippen LogP contribution in [0.15, 0.2) is 60.7 Å². The number of hydrogen-bond donors (Lipinski definition) is 1. The van der Waals surface area contributed by atoms with Crippen LogP contribution in [0.3, 0.4) is 0 Å². The fraction of sp³-hybridized carbons (Fsp3) is 0.348. The highest BCUT2D eigenvalue weighted by Gasteiger charge is 2.42. The molecule has 1 amide bonds. The molecule has 1 heterocycles. The van der Waals surface area contributed by atoms with Gasteiger partial charge in [0.1, 0.15) is 18.0 Å². The molecular weight excluding hydrogens is 352 g/mol. The first-order valence-electron chi connectivity index (χ1n) is 9.51. The average molecular weight is 380 g/mol. The van der Waals surface area contributed by atoms with Crippen molar-refractivity contribution >= 4 is 11.6 Å². The molecule has 2 aromatic carbocycles. The molecule has 2 aromatic rings. The number of nitrogens with zero attached hydrogens (tertiary/aromatic N) is 1. The van der Waals surface area contributed by atoms with Gasteiger partial charge in [-0.3, -0.25) is 4.79 Å². The van der Waals surface area contributed by atoms with Gasteiger partial charge in [0.2, 0.25) is 0 Å². The molecule has 5 nitrogen and oxygen atoms in total. The molecule has 0 saturated heterocycles. The van der Waals surface area contributed by atoms with E-state index in [0.717, 1.165) is 29.0 Å². The highest BCUT2D eigenvalue weighted by atomic mass is 16.5. The number of carbonyl (C=O) groups excluding carboxylic acids is 1. The summed E-state index contributed by atoms with van der Waals surface area (Å²) in [6.07, 6.45) is 0.757. The van der Waals surface area contributed by atoms with Gasteiger partial charge in [0.15, 0.2) is 0 Å². The van der Waals surface area contributed by atoms with Crippen LogP contribution in [0.25, 0.3) is 0 Å². The number of amides is 1. The third-order valence-corrected chi connectivity index (χ3v) is 4.93. The molecule has 148 valence electrons. The molecule has 3 rings (SSSR count). The minimum absolute atomic E-state index is 0.0150. The summed E-state index contributed by atoms with van der Waals surface area (Å²) >= 11 is 0. The summed E-state index contributed by atoms with van der Waals surface area (Å²) < 4.78 is 11.0. The lowest BCUT2D eigenvalue weighted by Crippen LogP contribution is -2.56. The molecule has 1 aliphatic rings. The van der Waals surface area contributed by atoms with E-state index in [-0.39, 0.29) is 5.91 Å². The standard InChI is InChI=1S/C23H28N2O3/c1-17(2)16-28-19-10-7-9-18(15-19)23(3)24-21-12-6-5-11-20(21)22(26)25(23)13-8-14-27-4/h5-7,9-12,15,24H,1,8,13-14,16H2,2-4H3. The van der Waals surface area contributed by atoms with E-state index in [1.807, 2.05) is 67.3 Å². The Kier molecular flexibility index (Phi) is 6.05. The Hall–Kier alpha value is -2.79. The van der Waals surface area contributed by atoms with Gasteiger partial charge in [-0.15, -0.1) is 0 Å². The lowest BCUT2D eigenvalue weighted by Gasteiger charge is -2.47. The zero-order valence-corrected chi connectivity index (χ0v) is 16.8. The van der Waals surface area contributed by atoms with Gasteiger partial charge in [-0.05, 0) is 50.1 Å². The third-order valence-electron chi connectivity index (χ3n) is 4.93.